The predicted octanol–water partition coefficient (Wildman–Crippen LogP) is 4.43. The van der Waals surface area contributed by atoms with Crippen LogP contribution in [0, 0.1) is 0 Å². The second kappa shape index (κ2) is 11.9. The molecule has 34 heavy (non-hydrogen) atoms. The third-order valence-electron chi connectivity index (χ3n) is 3.91. The van der Waals surface area contributed by atoms with Gasteiger partial charge in [0.2, 0.25) is 0 Å². The second-order valence-corrected chi connectivity index (χ2v) is 14.6. The van der Waals surface area contributed by atoms with Gasteiger partial charge in [-0.15, -0.1) is 0 Å². The quantitative estimate of drug-likeness (QED) is 0.193. The topological polar surface area (TPSA) is 126 Å². The molecule has 1 N–H and O–H groups in total. The molecule has 0 saturated carbocycles. The molecule has 0 aliphatic heterocycles. The lowest BCUT2D eigenvalue weighted by molar-refractivity contribution is -0.0282. The van der Waals surface area contributed by atoms with Crippen molar-refractivity contribution in [1.29, 1.82) is 0 Å². The molecular weight excluding hydrogens is 485 g/mol. The highest BCUT2D eigenvalue weighted by atomic mass is 32.2. The van der Waals surface area contributed by atoms with Gasteiger partial charge in [-0.1, -0.05) is 6.07 Å². The largest absolute Gasteiger partial charge is 0.509 e. The molecule has 0 heterocycles. The number of hydrogen-bond donors (Lipinski definition) is 1. The average molecular weight is 524 g/mol. The minimum Gasteiger partial charge on any atom is -0.467 e. The number of benzene rings is 1. The molecule has 1 rings (SSSR count). The van der Waals surface area contributed by atoms with Crippen molar-refractivity contribution in [3.8, 4) is 5.75 Å². The van der Waals surface area contributed by atoms with Crippen LogP contribution < -0.4 is 10.1 Å². The third-order valence-corrected chi connectivity index (χ3v) is 5.18. The molecule has 10 nitrogen and oxygen atoms in total. The van der Waals surface area contributed by atoms with Gasteiger partial charge in [-0.25, -0.2) is 4.79 Å². The fraction of sp³-hybridized carbons (Fsp3) is 0.682. The maximum atomic E-state index is 12.4. The first kappa shape index (κ1) is 30.4. The van der Waals surface area contributed by atoms with Gasteiger partial charge in [0, 0.05) is 31.0 Å². The molecule has 0 fully saturated rings. The molecule has 12 heteroatoms. The van der Waals surface area contributed by atoms with E-state index >= 15 is 0 Å². The van der Waals surface area contributed by atoms with E-state index < -0.39 is 35.3 Å². The van der Waals surface area contributed by atoms with Crippen molar-refractivity contribution in [3.63, 3.8) is 0 Å². The van der Waals surface area contributed by atoms with Crippen molar-refractivity contribution < 1.29 is 40.7 Å². The summed E-state index contributed by atoms with van der Waals surface area (Å²) in [6.45, 7) is 13.7. The monoisotopic (exact) mass is 523 g/mol. The first-order valence-electron chi connectivity index (χ1n) is 10.7. The van der Waals surface area contributed by atoms with Gasteiger partial charge in [0.05, 0.1) is 12.9 Å². The van der Waals surface area contributed by atoms with E-state index in [9.17, 15) is 17.8 Å². The first-order chi connectivity index (χ1) is 15.2. The molecule has 196 valence electrons. The van der Waals surface area contributed by atoms with Crippen LogP contribution in [0.1, 0.15) is 58.8 Å². The van der Waals surface area contributed by atoms with E-state index in [1.807, 2.05) is 20.8 Å². The van der Waals surface area contributed by atoms with E-state index in [1.165, 1.54) is 13.3 Å². The van der Waals surface area contributed by atoms with E-state index in [4.69, 9.17) is 22.9 Å². The molecule has 0 aromatic heterocycles. The smallest absolute Gasteiger partial charge is 0.467 e. The van der Waals surface area contributed by atoms with Gasteiger partial charge < -0.3 is 19.5 Å². The summed E-state index contributed by atoms with van der Waals surface area (Å²) in [4.78, 5) is 12.4. The van der Waals surface area contributed by atoms with Crippen molar-refractivity contribution >= 4 is 23.6 Å². The van der Waals surface area contributed by atoms with Crippen LogP contribution in [0.25, 0.3) is 0 Å². The summed E-state index contributed by atoms with van der Waals surface area (Å²) >= 11 is 0. The molecule has 0 spiro atoms. The number of carbonyl (C=O) groups is 1. The normalized spacial score (nSPS) is 13.9. The Bertz CT molecular complexity index is 975. The summed E-state index contributed by atoms with van der Waals surface area (Å²) in [6, 6.07) is 4.88. The molecule has 0 aliphatic rings. The Hall–Kier alpha value is -1.65. The molecule has 0 bridgehead atoms. The van der Waals surface area contributed by atoms with Gasteiger partial charge in [0.25, 0.3) is 10.1 Å². The molecule has 1 aromatic carbocycles. The zero-order valence-corrected chi connectivity index (χ0v) is 23.2. The molecular formula is C22H38NO9PS. The van der Waals surface area contributed by atoms with E-state index in [-0.39, 0.29) is 31.2 Å². The van der Waals surface area contributed by atoms with Gasteiger partial charge in [0.15, 0.2) is 14.2 Å². The predicted molar refractivity (Wildman–Crippen MR) is 130 cm³/mol. The number of nitrogens with one attached hydrogen (secondary N) is 1. The molecule has 0 radical (unpaired) electrons. The van der Waals surface area contributed by atoms with Gasteiger partial charge in [-0.05, 0) is 59.2 Å². The summed E-state index contributed by atoms with van der Waals surface area (Å²) in [6.07, 6.45) is -0.646. The van der Waals surface area contributed by atoms with E-state index in [1.54, 1.807) is 39.0 Å². The average Bonchev–Trinajstić information content (AvgIpc) is 2.60. The van der Waals surface area contributed by atoms with E-state index in [0.29, 0.717) is 11.1 Å². The van der Waals surface area contributed by atoms with Gasteiger partial charge in [0.1, 0.15) is 17.5 Å². The maximum absolute atomic E-state index is 12.4. The molecule has 1 atom stereocenters. The first-order valence-corrected chi connectivity index (χ1v) is 15.0. The van der Waals surface area contributed by atoms with Crippen molar-refractivity contribution in [2.24, 2.45) is 0 Å². The van der Waals surface area contributed by atoms with Crippen LogP contribution in [-0.4, -0.2) is 58.6 Å². The molecule has 0 amide bonds. The minimum atomic E-state index is -3.73. The zero-order chi connectivity index (χ0) is 26.4. The third kappa shape index (κ3) is 13.9. The van der Waals surface area contributed by atoms with Crippen LogP contribution in [0.3, 0.4) is 0 Å². The van der Waals surface area contributed by atoms with Crippen LogP contribution >= 0.6 is 7.37 Å². The van der Waals surface area contributed by atoms with Gasteiger partial charge in [-0.2, -0.15) is 8.42 Å². The summed E-state index contributed by atoms with van der Waals surface area (Å²) in [5.74, 6) is 0.278. The van der Waals surface area contributed by atoms with Crippen molar-refractivity contribution in [1.82, 2.24) is 5.32 Å². The second-order valence-electron chi connectivity index (χ2n) is 10.2. The number of rotatable bonds is 11. The highest BCUT2D eigenvalue weighted by Crippen LogP contribution is 2.37. The van der Waals surface area contributed by atoms with Gasteiger partial charge >= 0.3 is 6.16 Å². The lowest BCUT2D eigenvalue weighted by Gasteiger charge is -2.27. The van der Waals surface area contributed by atoms with E-state index in [2.05, 4.69) is 5.32 Å². The van der Waals surface area contributed by atoms with Crippen LogP contribution in [0.15, 0.2) is 18.2 Å². The lowest BCUT2D eigenvalue weighted by atomic mass is 10.0. The molecule has 0 aliphatic carbocycles. The van der Waals surface area contributed by atoms with Crippen LogP contribution in [0.5, 0.6) is 5.75 Å². The summed E-state index contributed by atoms with van der Waals surface area (Å²) in [7, 11) is -6.51. The number of hydrogen-bond acceptors (Lipinski definition) is 10. The number of ether oxygens (including phenoxy) is 3. The van der Waals surface area contributed by atoms with Crippen molar-refractivity contribution in [2.45, 2.75) is 65.4 Å². The summed E-state index contributed by atoms with van der Waals surface area (Å²) < 4.78 is 61.4. The fourth-order valence-electron chi connectivity index (χ4n) is 2.46. The minimum absolute atomic E-state index is 0.258. The van der Waals surface area contributed by atoms with Crippen molar-refractivity contribution in [3.05, 3.63) is 29.3 Å². The summed E-state index contributed by atoms with van der Waals surface area (Å²) in [5, 5.41) is 3.29. The molecule has 1 aromatic rings. The zero-order valence-electron chi connectivity index (χ0n) is 21.5. The Labute approximate surface area is 203 Å². The standard InChI is InChI=1S/C22H38NO9PS/c1-21(2,3)23-13-19(31-20(24)32-22(4,5)6)16-10-11-18(28-15-29-33(7,8)25)17(12-16)14-30-34(9,26)27/h10-12,19,23H,13-15H2,1-9H3. The van der Waals surface area contributed by atoms with Crippen LogP contribution in [0.4, 0.5) is 4.79 Å². The Morgan fingerprint density at radius 2 is 1.74 bits per heavy atom. The SMILES string of the molecule is CC(C)(C)NCC(OC(=O)OC(C)(C)C)c1ccc(OCOP(C)(C)=O)c(COS(C)(=O)=O)c1. The summed E-state index contributed by atoms with van der Waals surface area (Å²) in [5.41, 5.74) is -0.0443. The fourth-order valence-corrected chi connectivity index (χ4v) is 3.10. The Balaban J connectivity index is 3.25. The lowest BCUT2D eigenvalue weighted by Crippen LogP contribution is -2.39. The molecule has 0 saturated heterocycles. The Kier molecular flexibility index (Phi) is 10.6. The Morgan fingerprint density at radius 3 is 2.24 bits per heavy atom. The van der Waals surface area contributed by atoms with Crippen LogP contribution in [-0.2, 0) is 39.5 Å². The highest BCUT2D eigenvalue weighted by molar-refractivity contribution is 7.85. The highest BCUT2D eigenvalue weighted by Gasteiger charge is 2.25. The Morgan fingerprint density at radius 1 is 1.12 bits per heavy atom. The maximum Gasteiger partial charge on any atom is 0.509 e. The van der Waals surface area contributed by atoms with Crippen LogP contribution in [0.2, 0.25) is 0 Å². The molecule has 1 unspecified atom stereocenters. The van der Waals surface area contributed by atoms with E-state index in [0.717, 1.165) is 6.26 Å². The number of carbonyl (C=O) groups excluding carboxylic acids is 1. The van der Waals surface area contributed by atoms with Crippen molar-refractivity contribution in [2.75, 3.05) is 32.9 Å². The van der Waals surface area contributed by atoms with Gasteiger partial charge in [-0.3, -0.25) is 13.3 Å².